The van der Waals surface area contributed by atoms with Gasteiger partial charge in [0.2, 0.25) is 40.1 Å². The van der Waals surface area contributed by atoms with Crippen LogP contribution in [0.2, 0.25) is 0 Å². The first-order valence-electron chi connectivity index (χ1n) is 59.5. The molecule has 0 saturated carbocycles. The van der Waals surface area contributed by atoms with E-state index < -0.39 is 182 Å². The highest BCUT2D eigenvalue weighted by Gasteiger charge is 2.32. The molecule has 0 amide bonds. The minimum atomic E-state index is -4.62. The number of aryl methyl sites for hydroxylation is 8. The molecule has 12 aromatic rings. The number of hydrogen-bond donors (Lipinski definition) is 8. The van der Waals surface area contributed by atoms with Gasteiger partial charge in [0.15, 0.2) is 22.1 Å². The molecule has 44 heteroatoms. The van der Waals surface area contributed by atoms with Gasteiger partial charge in [0.1, 0.15) is 68.4 Å². The molecule has 144 heavy (non-hydrogen) atoms. The van der Waals surface area contributed by atoms with Crippen LogP contribution >= 0.6 is 0 Å². The van der Waals surface area contributed by atoms with Crippen molar-refractivity contribution in [1.82, 2.24) is 117 Å². The summed E-state index contributed by atoms with van der Waals surface area (Å²) in [4.78, 5) is 86.9. The summed E-state index contributed by atoms with van der Waals surface area (Å²) in [6, 6.07) is 13.0. The molecule has 0 radical (unpaired) electrons. The Bertz CT molecular complexity index is 8460. The summed E-state index contributed by atoms with van der Waals surface area (Å²) >= 11 is 0. The van der Waals surface area contributed by atoms with Crippen molar-refractivity contribution in [1.29, 1.82) is 0 Å². The summed E-state index contributed by atoms with van der Waals surface area (Å²) in [5.74, 6) is 0.492. The fraction of sp³-hybridized carbons (Fsp3) is 0.560. The molecule has 0 spiro atoms. The molecular formula is C100H144N24O16S4. The van der Waals surface area contributed by atoms with E-state index in [1.807, 2.05) is 44.4 Å². The highest BCUT2D eigenvalue weighted by molar-refractivity contribution is 7.90. The minimum absolute atomic E-state index is 0.00176. The van der Waals surface area contributed by atoms with Gasteiger partial charge in [-0.15, -0.1) is 0 Å². The molecule has 784 valence electrons. The summed E-state index contributed by atoms with van der Waals surface area (Å²) in [5, 5.41) is 16.7. The molecule has 16 rings (SSSR count). The van der Waals surface area contributed by atoms with Crippen LogP contribution in [0, 0.1) is 0 Å². The van der Waals surface area contributed by atoms with Crippen LogP contribution in [0.25, 0.3) is 89.7 Å². The third kappa shape index (κ3) is 26.5. The summed E-state index contributed by atoms with van der Waals surface area (Å²) in [7, 11) is -4.78. The molecule has 6 atom stereocenters. The summed E-state index contributed by atoms with van der Waals surface area (Å²) < 4.78 is 343. The zero-order valence-corrected chi connectivity index (χ0v) is 86.7. The average molecular weight is 2090 g/mol. The predicted octanol–water partition coefficient (Wildman–Crippen LogP) is 11.3. The first-order chi connectivity index (χ1) is 77.6. The van der Waals surface area contributed by atoms with E-state index in [4.69, 9.17) is 51.8 Å². The second kappa shape index (κ2) is 49.9. The fourth-order valence-electron chi connectivity index (χ4n) is 16.8. The van der Waals surface area contributed by atoms with E-state index in [1.54, 1.807) is 42.9 Å². The molecule has 8 aromatic heterocycles. The molecule has 4 aliphatic heterocycles. The average Bonchev–Trinajstić information content (AvgIpc) is 1.58. The molecule has 12 heterocycles. The van der Waals surface area contributed by atoms with Crippen molar-refractivity contribution in [2.45, 2.75) is 253 Å². The van der Waals surface area contributed by atoms with E-state index in [0.717, 1.165) is 49.0 Å². The van der Waals surface area contributed by atoms with Gasteiger partial charge in [-0.3, -0.25) is 37.9 Å². The molecule has 0 aliphatic carbocycles. The van der Waals surface area contributed by atoms with Gasteiger partial charge in [0.25, 0.3) is 22.2 Å². The quantitative estimate of drug-likeness (QED) is 0.0176. The van der Waals surface area contributed by atoms with Crippen LogP contribution in [0.15, 0.2) is 112 Å². The Morgan fingerprint density at radius 1 is 0.347 bits per heavy atom. The number of H-pyrrole nitrogens is 4. The lowest BCUT2D eigenvalue weighted by atomic mass is 10.1. The van der Waals surface area contributed by atoms with Crippen LogP contribution in [0.3, 0.4) is 0 Å². The van der Waals surface area contributed by atoms with E-state index in [-0.39, 0.29) is 182 Å². The Kier molecular flexibility index (Phi) is 28.1. The van der Waals surface area contributed by atoms with Gasteiger partial charge < -0.3 is 58.5 Å². The minimum Gasteiger partial charge on any atom is -0.493 e. The third-order valence-electron chi connectivity index (χ3n) is 24.1. The Labute approximate surface area is 876 Å². The van der Waals surface area contributed by atoms with Gasteiger partial charge in [-0.05, 0) is 255 Å². The first kappa shape index (κ1) is 81.1. The molecule has 4 saturated heterocycles. The maximum absolute atomic E-state index is 13.5. The zero-order chi connectivity index (χ0) is 125. The largest absolute Gasteiger partial charge is 0.493 e. The number of aromatic amines is 4. The van der Waals surface area contributed by atoms with Crippen molar-refractivity contribution in [3.8, 4) is 68.5 Å². The van der Waals surface area contributed by atoms with Crippen LogP contribution in [0.1, 0.15) is 239 Å². The number of rotatable bonds is 44. The number of sulfonamides is 4. The zero-order valence-electron chi connectivity index (χ0n) is 107. The van der Waals surface area contributed by atoms with E-state index >= 15 is 0 Å². The number of likely N-dealkylation sites (tertiary alicyclic amines) is 4. The maximum Gasteiger partial charge on any atom is 0.277 e. The first-order valence-corrected chi connectivity index (χ1v) is 53.3. The fourth-order valence-corrected chi connectivity index (χ4v) is 20.3. The Hall–Kier alpha value is -11.0. The van der Waals surface area contributed by atoms with Crippen molar-refractivity contribution in [3.63, 3.8) is 0 Å². The lowest BCUT2D eigenvalue weighted by Crippen LogP contribution is -2.31. The number of benzene rings is 4. The molecule has 4 aliphatic rings. The van der Waals surface area contributed by atoms with E-state index in [9.17, 15) is 52.8 Å². The van der Waals surface area contributed by atoms with Crippen molar-refractivity contribution < 1.29 is 85.5 Å². The predicted molar refractivity (Wildman–Crippen MR) is 559 cm³/mol. The van der Waals surface area contributed by atoms with Gasteiger partial charge in [0, 0.05) is 111 Å². The number of ether oxygens (including phenoxy) is 4. The van der Waals surface area contributed by atoms with Gasteiger partial charge in [-0.2, -0.15) is 20.4 Å². The maximum atomic E-state index is 13.5. The second-order valence-electron chi connectivity index (χ2n) is 34.7. The van der Waals surface area contributed by atoms with Gasteiger partial charge in [-0.25, -0.2) is 72.5 Å². The van der Waals surface area contributed by atoms with Crippen molar-refractivity contribution in [2.24, 2.45) is 28.2 Å². The van der Waals surface area contributed by atoms with Crippen LogP contribution in [0.4, 0.5) is 0 Å². The molecule has 4 fully saturated rings. The molecule has 6 unspecified atom stereocenters. The molecular weight excluding hydrogens is 1920 g/mol. The highest BCUT2D eigenvalue weighted by atomic mass is 32.2. The molecule has 40 nitrogen and oxygen atoms in total. The second-order valence-corrected chi connectivity index (χ2v) is 41.6. The lowest BCUT2D eigenvalue weighted by molar-refractivity contribution is 0.297. The highest BCUT2D eigenvalue weighted by Crippen LogP contribution is 2.38. The van der Waals surface area contributed by atoms with Gasteiger partial charge in [-0.1, -0.05) is 80.9 Å². The van der Waals surface area contributed by atoms with Gasteiger partial charge in [0.05, 0.1) is 91.0 Å². The normalized spacial score (nSPS) is 20.7. The number of fused-ring (bicyclic) bond motifs is 4. The standard InChI is InChI=1S/4C25H36N6O4S/c4*1-5-8-20-22-23(31(4)29-20)25(32)28-24(27-22)19-16-18(10-11-21(19)35-15-6-2)36(33,34)26-13-12-17-9-7-14-30(17)3/h4*10-11,16-17,26H,5-9,12-15H2,1-4H3,(H,27,28,32)/i5D2,8D2,12D2,13D;5D2,12D2,13D2;5D2,12D2,13D;5D2,8D2,12D2. The number of hydrogen-bond acceptors (Lipinski definition) is 28. The lowest BCUT2D eigenvalue weighted by Gasteiger charge is -2.19. The van der Waals surface area contributed by atoms with Crippen LogP contribution in [-0.4, -0.2) is 263 Å². The van der Waals surface area contributed by atoms with E-state index in [1.165, 1.54) is 117 Å². The van der Waals surface area contributed by atoms with Crippen LogP contribution < -0.4 is 60.1 Å². The van der Waals surface area contributed by atoms with E-state index in [0.29, 0.717) is 84.0 Å². The number of aromatic nitrogens is 16. The van der Waals surface area contributed by atoms with Crippen LogP contribution in [0.5, 0.6) is 23.0 Å². The Balaban J connectivity index is 0.000000184. The number of nitrogens with one attached hydrogen (secondary N) is 8. The third-order valence-corrected chi connectivity index (χ3v) is 29.3. The van der Waals surface area contributed by atoms with E-state index in [2.05, 4.69) is 74.4 Å². The smallest absolute Gasteiger partial charge is 0.277 e. The van der Waals surface area contributed by atoms with Gasteiger partial charge >= 0.3 is 0 Å². The van der Waals surface area contributed by atoms with Crippen molar-refractivity contribution in [2.75, 3.05) is 107 Å². The number of nitrogens with zero attached hydrogens (tertiary/aromatic N) is 16. The summed E-state index contributed by atoms with van der Waals surface area (Å²) in [6.45, 7) is 9.15. The Morgan fingerprint density at radius 2 is 0.611 bits per heavy atom. The SMILES string of the molecule is [2H]C(NS(=O)(=O)c1ccc(OCCC)c(-c2nc3c(C([2H])([2H])C([2H])([2H])C)nn(C)c3c(=O)[nH]2)c1)C([2H])([2H])C1CCCN1C.[2H]C(NS(=O)(=O)c1ccc(OCCC)c(-c2nc3c(CC([2H])([2H])C)nn(C)c3c(=O)[nH]2)c1)C([2H])([2H])C1CCCN1C.[2H]C([2H])(C)Cc1nn(C)c2c(=O)[nH]c(-c3cc(S(=O)(=O)NC([2H])([2H])C([2H])([2H])C4CCCN4C)ccc3OCCC)nc12.[2H]C([2H])(CNS(=O)(=O)c1ccc(OCCC)c(-c2nc3c(C([2H])([2H])C([2H])([2H])C)nn(C)c3c(=O)[nH]2)c1)C1CCCN1C. The Morgan fingerprint density at radius 3 is 0.882 bits per heavy atom. The summed E-state index contributed by atoms with van der Waals surface area (Å²) in [5.41, 5.74) is -2.36. The molecule has 4 aromatic carbocycles. The molecule has 8 N–H and O–H groups in total. The summed E-state index contributed by atoms with van der Waals surface area (Å²) in [6.07, 6.45) is -14.7. The topological polar surface area (TPSA) is 489 Å². The van der Waals surface area contributed by atoms with Crippen molar-refractivity contribution in [3.05, 3.63) is 137 Å². The van der Waals surface area contributed by atoms with Crippen molar-refractivity contribution >= 4 is 84.2 Å². The monoisotopic (exact) mass is 2090 g/mol. The molecule has 0 bridgehead atoms. The van der Waals surface area contributed by atoms with Crippen LogP contribution in [-0.2, 0) is 93.9 Å².